The smallest absolute Gasteiger partial charge is 0.180 e. The summed E-state index contributed by atoms with van der Waals surface area (Å²) in [6.07, 6.45) is 1.82. The third kappa shape index (κ3) is 7.69. The molecule has 1 heterocycles. The normalized spacial score (nSPS) is 10.4. The van der Waals surface area contributed by atoms with E-state index in [1.807, 2.05) is 7.05 Å². The van der Waals surface area contributed by atoms with Crippen LogP contribution in [0, 0.1) is 5.82 Å². The molecular formula is C21H23ClFN4O3PS. The number of hydrogen-bond acceptors (Lipinski definition) is 8. The van der Waals surface area contributed by atoms with Crippen molar-refractivity contribution in [3.8, 4) is 11.3 Å². The Morgan fingerprint density at radius 3 is 2.50 bits per heavy atom. The molecule has 11 heteroatoms. The molecule has 170 valence electrons. The first-order valence-corrected chi connectivity index (χ1v) is 11.9. The topological polar surface area (TPSA) is 99.4 Å². The summed E-state index contributed by atoms with van der Waals surface area (Å²) in [5.74, 6) is -0.424. The van der Waals surface area contributed by atoms with Crippen molar-refractivity contribution >= 4 is 49.5 Å². The van der Waals surface area contributed by atoms with E-state index in [-0.39, 0.29) is 11.5 Å². The molecule has 0 aliphatic heterocycles. The minimum absolute atomic E-state index is 0.00262. The molecule has 0 aliphatic rings. The molecule has 0 spiro atoms. The van der Waals surface area contributed by atoms with Crippen molar-refractivity contribution in [1.29, 1.82) is 0 Å². The van der Waals surface area contributed by atoms with Crippen molar-refractivity contribution in [3.05, 3.63) is 65.2 Å². The first-order valence-electron chi connectivity index (χ1n) is 9.21. The third-order valence-electron chi connectivity index (χ3n) is 4.03. The van der Waals surface area contributed by atoms with Gasteiger partial charge in [-0.15, -0.1) is 11.8 Å². The molecule has 0 unspecified atom stereocenters. The molecule has 32 heavy (non-hydrogen) atoms. The van der Waals surface area contributed by atoms with Crippen LogP contribution in [0.5, 0.6) is 0 Å². The number of aldehydes is 1. The largest absolute Gasteiger partial charge is 0.388 e. The number of nitrogen functional groups attached to an aromatic ring is 1. The molecule has 0 fully saturated rings. The van der Waals surface area contributed by atoms with E-state index in [0.29, 0.717) is 22.6 Å². The summed E-state index contributed by atoms with van der Waals surface area (Å²) >= 11 is 7.66. The summed E-state index contributed by atoms with van der Waals surface area (Å²) in [5.41, 5.74) is 8.08. The van der Waals surface area contributed by atoms with Crippen molar-refractivity contribution in [3.63, 3.8) is 0 Å². The number of nitrogens with two attached hydrogens (primary N) is 1. The predicted octanol–water partition coefficient (Wildman–Crippen LogP) is 5.71. The highest BCUT2D eigenvalue weighted by Gasteiger charge is 2.10. The van der Waals surface area contributed by atoms with Gasteiger partial charge in [-0.1, -0.05) is 11.6 Å². The zero-order chi connectivity index (χ0) is 23.5. The summed E-state index contributed by atoms with van der Waals surface area (Å²) in [6, 6.07) is 12.2. The third-order valence-corrected chi connectivity index (χ3v) is 7.14. The molecule has 0 aliphatic carbocycles. The Labute approximate surface area is 196 Å². The van der Waals surface area contributed by atoms with Crippen molar-refractivity contribution in [2.45, 2.75) is 4.90 Å². The molecule has 1 aromatic heterocycles. The van der Waals surface area contributed by atoms with Gasteiger partial charge < -0.3 is 20.1 Å². The van der Waals surface area contributed by atoms with Gasteiger partial charge in [-0.3, -0.25) is 4.79 Å². The highest BCUT2D eigenvalue weighted by Crippen LogP contribution is 2.42. The molecule has 2 aromatic carbocycles. The number of halogens is 2. The number of nitrogens with one attached hydrogen (secondary N) is 1. The molecule has 3 N–H and O–H groups in total. The Balaban J connectivity index is 0.000000229. The van der Waals surface area contributed by atoms with Crippen LogP contribution in [0.2, 0.25) is 5.02 Å². The molecule has 0 atom stereocenters. The van der Waals surface area contributed by atoms with Crippen LogP contribution >= 0.6 is 31.7 Å². The maximum absolute atomic E-state index is 13.1. The van der Waals surface area contributed by atoms with Crippen LogP contribution in [0.3, 0.4) is 0 Å². The lowest BCUT2D eigenvalue weighted by Crippen LogP contribution is -2.01. The van der Waals surface area contributed by atoms with Crippen molar-refractivity contribution in [2.24, 2.45) is 0 Å². The van der Waals surface area contributed by atoms with Gasteiger partial charge in [0.1, 0.15) is 11.5 Å². The van der Waals surface area contributed by atoms with E-state index < -0.39 is 14.2 Å². The molecule has 0 saturated carbocycles. The lowest BCUT2D eigenvalue weighted by atomic mass is 10.1. The second-order valence-electron chi connectivity index (χ2n) is 6.01. The fourth-order valence-electron chi connectivity index (χ4n) is 2.35. The van der Waals surface area contributed by atoms with Gasteiger partial charge in [0, 0.05) is 37.4 Å². The first kappa shape index (κ1) is 26.0. The van der Waals surface area contributed by atoms with Crippen LogP contribution in [-0.2, 0) is 9.05 Å². The Morgan fingerprint density at radius 1 is 1.22 bits per heavy atom. The molecule has 0 saturated heterocycles. The Bertz CT molecular complexity index is 1030. The molecule has 0 radical (unpaired) electrons. The lowest BCUT2D eigenvalue weighted by Gasteiger charge is -2.11. The standard InChI is InChI=1S/C11H7ClFN3O.C10H16NO2PS/c12-8-2-1-6(13)3-7(8)9-4-15-11(14)10(5-17)16-9;1-11-9-4-6-10(7-5-9)15-8-14(12-2)13-3/h1-5H,(H2,14,15);4-7,11H,8H2,1-3H3. The average Bonchev–Trinajstić information content (AvgIpc) is 2.82. The fraction of sp³-hybridized carbons (Fsp3) is 0.190. The van der Waals surface area contributed by atoms with E-state index in [1.165, 1.54) is 29.3 Å². The van der Waals surface area contributed by atoms with Crippen LogP contribution in [0.1, 0.15) is 10.5 Å². The van der Waals surface area contributed by atoms with E-state index in [4.69, 9.17) is 26.4 Å². The van der Waals surface area contributed by atoms with Gasteiger partial charge in [-0.25, -0.2) is 14.4 Å². The Morgan fingerprint density at radius 2 is 1.91 bits per heavy atom. The summed E-state index contributed by atoms with van der Waals surface area (Å²) in [5, 5.41) is 3.41. The zero-order valence-corrected chi connectivity index (χ0v) is 20.2. The van der Waals surface area contributed by atoms with E-state index in [2.05, 4.69) is 39.6 Å². The van der Waals surface area contributed by atoms with Gasteiger partial charge in [-0.2, -0.15) is 0 Å². The zero-order valence-electron chi connectivity index (χ0n) is 17.7. The van der Waals surface area contributed by atoms with Gasteiger partial charge in [0.2, 0.25) is 0 Å². The number of carbonyl (C=O) groups excluding carboxylic acids is 1. The van der Waals surface area contributed by atoms with Gasteiger partial charge >= 0.3 is 0 Å². The van der Waals surface area contributed by atoms with Crippen LogP contribution < -0.4 is 11.1 Å². The molecule has 3 aromatic rings. The Kier molecular flexibility index (Phi) is 10.8. The molecular weight excluding hydrogens is 474 g/mol. The average molecular weight is 497 g/mol. The number of rotatable bonds is 8. The van der Waals surface area contributed by atoms with Crippen LogP contribution in [-0.4, -0.2) is 43.0 Å². The monoisotopic (exact) mass is 496 g/mol. The highest BCUT2D eigenvalue weighted by atomic mass is 35.5. The van der Waals surface area contributed by atoms with Crippen molar-refractivity contribution in [2.75, 3.05) is 37.8 Å². The SMILES string of the molecule is CNc1ccc(SCP(OC)OC)cc1.Nc1ncc(-c2cc(F)ccc2Cl)nc1C=O. The number of hydrogen-bond donors (Lipinski definition) is 2. The van der Waals surface area contributed by atoms with Gasteiger partial charge in [0.05, 0.1) is 22.4 Å². The van der Waals surface area contributed by atoms with Crippen molar-refractivity contribution in [1.82, 2.24) is 9.97 Å². The second kappa shape index (κ2) is 13.3. The second-order valence-corrected chi connectivity index (χ2v) is 9.61. The number of thioether (sulfide) groups is 1. The van der Waals surface area contributed by atoms with Crippen LogP contribution in [0.15, 0.2) is 53.6 Å². The number of nitrogens with zero attached hydrogens (tertiary/aromatic N) is 2. The van der Waals surface area contributed by atoms with E-state index in [9.17, 15) is 9.18 Å². The lowest BCUT2D eigenvalue weighted by molar-refractivity contribution is 0.111. The molecule has 7 nitrogen and oxygen atoms in total. The fourth-order valence-corrected chi connectivity index (χ4v) is 4.90. The van der Waals surface area contributed by atoms with Gasteiger partial charge in [-0.05, 0) is 42.5 Å². The number of carbonyl (C=O) groups is 1. The molecule has 3 rings (SSSR count). The number of benzene rings is 2. The quantitative estimate of drug-likeness (QED) is 0.232. The highest BCUT2D eigenvalue weighted by molar-refractivity contribution is 8.04. The number of anilines is 2. The van der Waals surface area contributed by atoms with Crippen LogP contribution in [0.4, 0.5) is 15.9 Å². The van der Waals surface area contributed by atoms with Gasteiger partial charge in [0.15, 0.2) is 20.5 Å². The summed E-state index contributed by atoms with van der Waals surface area (Å²) in [6.45, 7) is 0. The summed E-state index contributed by atoms with van der Waals surface area (Å²) < 4.78 is 23.4. The minimum Gasteiger partial charge on any atom is -0.388 e. The van der Waals surface area contributed by atoms with E-state index in [1.54, 1.807) is 26.0 Å². The maximum Gasteiger partial charge on any atom is 0.180 e. The summed E-state index contributed by atoms with van der Waals surface area (Å²) in [4.78, 5) is 19.7. The van der Waals surface area contributed by atoms with E-state index >= 15 is 0 Å². The van der Waals surface area contributed by atoms with Gasteiger partial charge in [0.25, 0.3) is 0 Å². The summed E-state index contributed by atoms with van der Waals surface area (Å²) in [7, 11) is 4.53. The first-order chi connectivity index (χ1) is 15.4. The van der Waals surface area contributed by atoms with Crippen molar-refractivity contribution < 1.29 is 18.2 Å². The predicted molar refractivity (Wildman–Crippen MR) is 130 cm³/mol. The van der Waals surface area contributed by atoms with Crippen LogP contribution in [0.25, 0.3) is 11.3 Å². The Hall–Kier alpha value is -2.29. The minimum atomic E-state index is -0.744. The molecule has 0 amide bonds. The number of aromatic nitrogens is 2. The maximum atomic E-state index is 13.1. The van der Waals surface area contributed by atoms with E-state index in [0.717, 1.165) is 11.2 Å². The molecule has 0 bridgehead atoms.